The van der Waals surface area contributed by atoms with Crippen molar-refractivity contribution >= 4 is 11.8 Å². The first kappa shape index (κ1) is 16.1. The van der Waals surface area contributed by atoms with E-state index in [-0.39, 0.29) is 6.61 Å². The number of aromatic amines is 1. The molecule has 7 heteroatoms. The lowest BCUT2D eigenvalue weighted by molar-refractivity contribution is -0.0116. The molecule has 0 spiro atoms. The van der Waals surface area contributed by atoms with Crippen molar-refractivity contribution < 1.29 is 9.84 Å². The Bertz CT molecular complexity index is 620. The predicted molar refractivity (Wildman–Crippen MR) is 82.3 cm³/mol. The summed E-state index contributed by atoms with van der Waals surface area (Å²) < 4.78 is 7.00. The molecule has 0 saturated heterocycles. The molecule has 0 saturated carbocycles. The number of thioether (sulfide) groups is 1. The maximum absolute atomic E-state index is 11.9. The van der Waals surface area contributed by atoms with Gasteiger partial charge in [-0.05, 0) is 24.2 Å². The van der Waals surface area contributed by atoms with Crippen LogP contribution in [-0.4, -0.2) is 33.1 Å². The van der Waals surface area contributed by atoms with E-state index in [2.05, 4.69) is 18.8 Å². The van der Waals surface area contributed by atoms with E-state index in [0.29, 0.717) is 5.92 Å². The van der Waals surface area contributed by atoms with Crippen LogP contribution in [0.3, 0.4) is 0 Å². The fourth-order valence-corrected chi connectivity index (χ4v) is 3.36. The normalized spacial score (nSPS) is 21.8. The number of rotatable bonds is 6. The van der Waals surface area contributed by atoms with Gasteiger partial charge in [0.05, 0.1) is 6.61 Å². The second-order valence-corrected chi connectivity index (χ2v) is 6.50. The molecule has 0 unspecified atom stereocenters. The highest BCUT2D eigenvalue weighted by Crippen LogP contribution is 2.36. The number of aliphatic hydroxyl groups is 1. The summed E-state index contributed by atoms with van der Waals surface area (Å²) >= 11 is 1.62. The van der Waals surface area contributed by atoms with Crippen LogP contribution in [0.2, 0.25) is 0 Å². The number of H-pyrrole nitrogens is 1. The average molecular weight is 312 g/mol. The van der Waals surface area contributed by atoms with Crippen LogP contribution in [0.25, 0.3) is 0 Å². The molecule has 21 heavy (non-hydrogen) atoms. The van der Waals surface area contributed by atoms with Crippen LogP contribution in [0.1, 0.15) is 26.5 Å². The number of ether oxygens (including phenoxy) is 1. The number of nitrogens with one attached hydrogen (secondary N) is 1. The fraction of sp³-hybridized carbons (Fsp3) is 0.571. The lowest BCUT2D eigenvalue weighted by Gasteiger charge is -2.18. The molecule has 2 N–H and O–H groups in total. The van der Waals surface area contributed by atoms with Gasteiger partial charge < -0.3 is 9.84 Å². The van der Waals surface area contributed by atoms with Crippen molar-refractivity contribution in [1.82, 2.24) is 9.55 Å². The van der Waals surface area contributed by atoms with Crippen molar-refractivity contribution in [3.05, 3.63) is 44.1 Å². The van der Waals surface area contributed by atoms with Crippen molar-refractivity contribution in [2.24, 2.45) is 5.92 Å². The summed E-state index contributed by atoms with van der Waals surface area (Å²) in [5.74, 6) is 1.52. The van der Waals surface area contributed by atoms with Gasteiger partial charge in [0.25, 0.3) is 5.56 Å². The summed E-state index contributed by atoms with van der Waals surface area (Å²) in [6, 6.07) is 1.29. The zero-order valence-electron chi connectivity index (χ0n) is 12.1. The Balaban J connectivity index is 2.18. The van der Waals surface area contributed by atoms with Gasteiger partial charge in [-0.2, -0.15) is 0 Å². The molecular weight excluding hydrogens is 292 g/mol. The minimum absolute atomic E-state index is 0.136. The lowest BCUT2D eigenvalue weighted by Crippen LogP contribution is -2.32. The molecule has 2 rings (SSSR count). The van der Waals surface area contributed by atoms with E-state index in [1.165, 1.54) is 16.8 Å². The molecule has 1 aromatic heterocycles. The third kappa shape index (κ3) is 4.09. The van der Waals surface area contributed by atoms with Crippen molar-refractivity contribution in [2.45, 2.75) is 32.6 Å². The Kier molecular flexibility index (Phi) is 5.44. The first-order valence-electron chi connectivity index (χ1n) is 6.93. The molecule has 1 aromatic rings. The first-order chi connectivity index (χ1) is 10.0. The summed E-state index contributed by atoms with van der Waals surface area (Å²) in [4.78, 5) is 26.1. The van der Waals surface area contributed by atoms with E-state index in [4.69, 9.17) is 4.74 Å². The molecule has 0 bridgehead atoms. The topological polar surface area (TPSA) is 84.3 Å². The zero-order chi connectivity index (χ0) is 15.4. The van der Waals surface area contributed by atoms with Gasteiger partial charge >= 0.3 is 5.69 Å². The highest BCUT2D eigenvalue weighted by molar-refractivity contribution is 8.03. The van der Waals surface area contributed by atoms with E-state index in [9.17, 15) is 14.7 Å². The maximum atomic E-state index is 11.9. The number of hydrogen-bond acceptors (Lipinski definition) is 5. The maximum Gasteiger partial charge on any atom is 0.330 e. The van der Waals surface area contributed by atoms with Crippen molar-refractivity contribution in [3.63, 3.8) is 0 Å². The van der Waals surface area contributed by atoms with Gasteiger partial charge in [-0.15, -0.1) is 11.8 Å². The van der Waals surface area contributed by atoms with Crippen molar-refractivity contribution in [3.8, 4) is 0 Å². The van der Waals surface area contributed by atoms with E-state index < -0.39 is 23.6 Å². The monoisotopic (exact) mass is 312 g/mol. The molecule has 0 fully saturated rings. The van der Waals surface area contributed by atoms with Gasteiger partial charge in [-0.25, -0.2) is 4.79 Å². The molecule has 6 nitrogen and oxygen atoms in total. The molecule has 2 atom stereocenters. The Morgan fingerprint density at radius 3 is 2.86 bits per heavy atom. The van der Waals surface area contributed by atoms with Gasteiger partial charge in [-0.1, -0.05) is 13.8 Å². The van der Waals surface area contributed by atoms with E-state index >= 15 is 0 Å². The average Bonchev–Trinajstić information content (AvgIpc) is 2.81. The first-order valence-corrected chi connectivity index (χ1v) is 7.92. The number of hydrogen-bond donors (Lipinski definition) is 2. The van der Waals surface area contributed by atoms with E-state index in [1.54, 1.807) is 11.8 Å². The molecule has 0 radical (unpaired) electrons. The van der Waals surface area contributed by atoms with E-state index in [0.717, 1.165) is 17.1 Å². The van der Waals surface area contributed by atoms with Gasteiger partial charge in [0.2, 0.25) is 0 Å². The molecular formula is C14H20N2O4S. The molecule has 1 aliphatic rings. The molecule has 116 valence electrons. The van der Waals surface area contributed by atoms with E-state index in [1.807, 2.05) is 6.08 Å². The summed E-state index contributed by atoms with van der Waals surface area (Å²) in [5, 5.41) is 9.25. The highest BCUT2D eigenvalue weighted by Gasteiger charge is 2.29. The third-order valence-corrected chi connectivity index (χ3v) is 4.26. The minimum Gasteiger partial charge on any atom is -0.393 e. The Hall–Kier alpha value is -1.31. The smallest absolute Gasteiger partial charge is 0.330 e. The standard InChI is InChI=1S/C14H20N2O4S/c1-9(2)4-6-21-11-7-10(8-17)20-13(11)16-5-3-12(18)15-14(16)19/h3,5,7,9-10,13,17H,4,6,8H2,1-2H3,(H,15,18,19)/t10-,13+/m0/s1. The largest absolute Gasteiger partial charge is 0.393 e. The number of aromatic nitrogens is 2. The Labute approximate surface area is 126 Å². The van der Waals surface area contributed by atoms with Crippen LogP contribution in [0, 0.1) is 5.92 Å². The van der Waals surface area contributed by atoms with Crippen molar-refractivity contribution in [2.75, 3.05) is 12.4 Å². The zero-order valence-corrected chi connectivity index (χ0v) is 12.9. The lowest BCUT2D eigenvalue weighted by atomic mass is 10.2. The second kappa shape index (κ2) is 7.11. The molecule has 0 aromatic carbocycles. The molecule has 1 aliphatic heterocycles. The summed E-state index contributed by atoms with van der Waals surface area (Å²) in [6.07, 6.45) is 3.31. The second-order valence-electron chi connectivity index (χ2n) is 5.33. The van der Waals surface area contributed by atoms with Gasteiger partial charge in [0, 0.05) is 17.2 Å². The number of aliphatic hydroxyl groups excluding tert-OH is 1. The van der Waals surface area contributed by atoms with Gasteiger partial charge in [0.1, 0.15) is 6.10 Å². The summed E-state index contributed by atoms with van der Waals surface area (Å²) in [6.45, 7) is 4.17. The predicted octanol–water partition coefficient (Wildman–Crippen LogP) is 1.09. The quantitative estimate of drug-likeness (QED) is 0.821. The number of nitrogens with zero attached hydrogens (tertiary/aromatic N) is 1. The van der Waals surface area contributed by atoms with Crippen LogP contribution in [-0.2, 0) is 4.74 Å². The van der Waals surface area contributed by atoms with Crippen LogP contribution in [0.4, 0.5) is 0 Å². The SMILES string of the molecule is CC(C)CCSC1=C[C@@H](CO)O[C@H]1n1ccc(=O)[nH]c1=O. The Morgan fingerprint density at radius 1 is 1.48 bits per heavy atom. The minimum atomic E-state index is -0.580. The summed E-state index contributed by atoms with van der Waals surface area (Å²) in [7, 11) is 0. The fourth-order valence-electron chi connectivity index (χ4n) is 1.98. The van der Waals surface area contributed by atoms with Gasteiger partial charge in [-0.3, -0.25) is 14.3 Å². The Morgan fingerprint density at radius 2 is 2.24 bits per heavy atom. The molecule has 0 aliphatic carbocycles. The third-order valence-electron chi connectivity index (χ3n) is 3.14. The summed E-state index contributed by atoms with van der Waals surface area (Å²) in [5.41, 5.74) is -0.951. The van der Waals surface area contributed by atoms with Crippen LogP contribution in [0.15, 0.2) is 32.8 Å². The van der Waals surface area contributed by atoms with Crippen LogP contribution >= 0.6 is 11.8 Å². The molecule has 0 amide bonds. The molecule has 2 heterocycles. The highest BCUT2D eigenvalue weighted by atomic mass is 32.2. The van der Waals surface area contributed by atoms with Crippen LogP contribution in [0.5, 0.6) is 0 Å². The van der Waals surface area contributed by atoms with Crippen LogP contribution < -0.4 is 11.2 Å². The van der Waals surface area contributed by atoms with Crippen molar-refractivity contribution in [1.29, 1.82) is 0 Å². The van der Waals surface area contributed by atoms with Gasteiger partial charge in [0.15, 0.2) is 6.23 Å².